The maximum atomic E-state index is 10.2. The first-order chi connectivity index (χ1) is 13.8. The zero-order valence-electron chi connectivity index (χ0n) is 18.4. The van der Waals surface area contributed by atoms with Gasteiger partial charge in [-0.1, -0.05) is 19.0 Å². The number of guanidine groups is 1. The van der Waals surface area contributed by atoms with Gasteiger partial charge in [-0.3, -0.25) is 0 Å². The minimum atomic E-state index is -0.0775. The van der Waals surface area contributed by atoms with Crippen LogP contribution in [0, 0.1) is 40.4 Å². The summed E-state index contributed by atoms with van der Waals surface area (Å²) in [5, 5.41) is 14.6. The smallest absolute Gasteiger partial charge is 0.192 e. The van der Waals surface area contributed by atoms with Gasteiger partial charge in [-0.05, 0) is 99.2 Å². The second kappa shape index (κ2) is 7.75. The van der Waals surface area contributed by atoms with Gasteiger partial charge in [0, 0.05) is 5.92 Å². The van der Waals surface area contributed by atoms with Crippen molar-refractivity contribution in [1.29, 1.82) is 0 Å². The van der Waals surface area contributed by atoms with Gasteiger partial charge in [-0.25, -0.2) is 0 Å². The Hall–Kier alpha value is -1.30. The molecule has 0 amide bonds. The predicted molar refractivity (Wildman–Crippen MR) is 116 cm³/mol. The maximum Gasteiger partial charge on any atom is 0.192 e. The molecule has 0 bridgehead atoms. The second-order valence-electron chi connectivity index (χ2n) is 10.7. The standard InChI is InChI=1S/C23H40N4O2/c1-4-29-27-20(26-21(24)25)19-8-7-17-16-6-5-14-13-15(28)9-11-22(14,2)18(16)10-12-23(17,19)3/h14-19,28H,4-13H2,1-3H3,(H4,24,25,26,27)/t14-,15+,16+,17+,18+,19-,22+,23+/m1/s1. The first-order valence-electron chi connectivity index (χ1n) is 11.8. The van der Waals surface area contributed by atoms with E-state index in [0.717, 1.165) is 31.1 Å². The lowest BCUT2D eigenvalue weighted by molar-refractivity contribution is -0.123. The Labute approximate surface area is 175 Å². The van der Waals surface area contributed by atoms with Gasteiger partial charge < -0.3 is 21.4 Å². The van der Waals surface area contributed by atoms with Crippen LogP contribution in [0.2, 0.25) is 0 Å². The van der Waals surface area contributed by atoms with Crippen LogP contribution >= 0.6 is 0 Å². The topological polar surface area (TPSA) is 106 Å². The van der Waals surface area contributed by atoms with E-state index >= 15 is 0 Å². The third-order valence-electron chi connectivity index (χ3n) is 9.48. The van der Waals surface area contributed by atoms with E-state index in [1.807, 2.05) is 6.92 Å². The van der Waals surface area contributed by atoms with Gasteiger partial charge in [-0.2, -0.15) is 4.99 Å². The molecule has 0 aliphatic heterocycles. The van der Waals surface area contributed by atoms with E-state index in [1.54, 1.807) is 0 Å². The van der Waals surface area contributed by atoms with Crippen molar-refractivity contribution in [3.63, 3.8) is 0 Å². The van der Waals surface area contributed by atoms with Crippen LogP contribution in [0.1, 0.15) is 78.6 Å². The molecule has 0 aromatic carbocycles. The van der Waals surface area contributed by atoms with Gasteiger partial charge in [0.25, 0.3) is 0 Å². The Balaban J connectivity index is 1.59. The van der Waals surface area contributed by atoms with Gasteiger partial charge in [0.05, 0.1) is 6.10 Å². The van der Waals surface area contributed by atoms with Crippen molar-refractivity contribution in [3.05, 3.63) is 0 Å². The number of amidine groups is 1. The molecular weight excluding hydrogens is 364 g/mol. The lowest BCUT2D eigenvalue weighted by atomic mass is 9.44. The minimum absolute atomic E-state index is 0.0676. The SMILES string of the molecule is CCO/N=C(/N=C(N)N)[C@H]1CC[C@H]2[C@@H]3CC[C@@H]4C[C@@H](O)CC[C@]4(C)[C@H]3CC[C@]12C. The molecule has 0 spiro atoms. The number of aliphatic hydroxyl groups excluding tert-OH is 1. The van der Waals surface area contributed by atoms with Crippen LogP contribution in [-0.2, 0) is 4.84 Å². The lowest BCUT2D eigenvalue weighted by Gasteiger charge is -2.60. The molecule has 4 aliphatic rings. The fraction of sp³-hybridized carbons (Fsp3) is 0.913. The summed E-state index contributed by atoms with van der Waals surface area (Å²) in [7, 11) is 0. The van der Waals surface area contributed by atoms with E-state index in [9.17, 15) is 5.11 Å². The number of nitrogens with zero attached hydrogens (tertiary/aromatic N) is 2. The third kappa shape index (κ3) is 3.45. The molecule has 0 unspecified atom stereocenters. The van der Waals surface area contributed by atoms with Crippen LogP contribution in [0.5, 0.6) is 0 Å². The summed E-state index contributed by atoms with van der Waals surface area (Å²) < 4.78 is 0. The summed E-state index contributed by atoms with van der Waals surface area (Å²) in [6, 6.07) is 0. The Morgan fingerprint density at radius 3 is 2.45 bits per heavy atom. The number of hydrogen-bond donors (Lipinski definition) is 3. The zero-order valence-corrected chi connectivity index (χ0v) is 18.4. The predicted octanol–water partition coefficient (Wildman–Crippen LogP) is 3.63. The van der Waals surface area contributed by atoms with Crippen molar-refractivity contribution in [3.8, 4) is 0 Å². The van der Waals surface area contributed by atoms with Gasteiger partial charge >= 0.3 is 0 Å². The molecule has 6 nitrogen and oxygen atoms in total. The second-order valence-corrected chi connectivity index (χ2v) is 10.7. The van der Waals surface area contributed by atoms with Crippen molar-refractivity contribution in [2.75, 3.05) is 6.61 Å². The summed E-state index contributed by atoms with van der Waals surface area (Å²) in [4.78, 5) is 9.78. The monoisotopic (exact) mass is 404 g/mol. The summed E-state index contributed by atoms with van der Waals surface area (Å²) in [5.41, 5.74) is 12.0. The third-order valence-corrected chi connectivity index (χ3v) is 9.48. The van der Waals surface area contributed by atoms with E-state index in [2.05, 4.69) is 24.0 Å². The molecular formula is C23H40N4O2. The molecule has 0 aromatic rings. The molecule has 164 valence electrons. The number of hydrogen-bond acceptors (Lipinski definition) is 3. The number of nitrogens with two attached hydrogens (primary N) is 2. The van der Waals surface area contributed by atoms with Crippen LogP contribution < -0.4 is 11.5 Å². The Kier molecular flexibility index (Phi) is 5.60. The number of oxime groups is 1. The molecule has 4 saturated carbocycles. The highest BCUT2D eigenvalue weighted by Crippen LogP contribution is 2.67. The van der Waals surface area contributed by atoms with Gasteiger partial charge in [0.2, 0.25) is 0 Å². The fourth-order valence-electron chi connectivity index (χ4n) is 8.08. The molecule has 6 heteroatoms. The van der Waals surface area contributed by atoms with Crippen molar-refractivity contribution < 1.29 is 9.94 Å². The summed E-state index contributed by atoms with van der Waals surface area (Å²) >= 11 is 0. The molecule has 0 saturated heterocycles. The number of fused-ring (bicyclic) bond motifs is 5. The molecule has 8 atom stereocenters. The van der Waals surface area contributed by atoms with Crippen molar-refractivity contribution >= 4 is 11.8 Å². The highest BCUT2D eigenvalue weighted by atomic mass is 16.6. The maximum absolute atomic E-state index is 10.2. The van der Waals surface area contributed by atoms with Crippen LogP contribution in [0.4, 0.5) is 0 Å². The molecule has 4 aliphatic carbocycles. The normalized spacial score (nSPS) is 47.0. The van der Waals surface area contributed by atoms with Crippen LogP contribution in [0.15, 0.2) is 10.1 Å². The van der Waals surface area contributed by atoms with E-state index in [1.165, 1.54) is 38.5 Å². The van der Waals surface area contributed by atoms with Gasteiger partial charge in [0.15, 0.2) is 11.8 Å². The van der Waals surface area contributed by atoms with E-state index in [-0.39, 0.29) is 23.4 Å². The molecule has 29 heavy (non-hydrogen) atoms. The number of rotatable bonds is 3. The van der Waals surface area contributed by atoms with Crippen LogP contribution in [0.25, 0.3) is 0 Å². The van der Waals surface area contributed by atoms with Gasteiger partial charge in [0.1, 0.15) is 6.61 Å². The zero-order chi connectivity index (χ0) is 20.8. The Morgan fingerprint density at radius 2 is 1.72 bits per heavy atom. The average Bonchev–Trinajstić information content (AvgIpc) is 3.02. The highest BCUT2D eigenvalue weighted by Gasteiger charge is 2.61. The molecule has 4 fully saturated rings. The molecule has 0 heterocycles. The lowest BCUT2D eigenvalue weighted by Crippen LogP contribution is -2.54. The summed E-state index contributed by atoms with van der Waals surface area (Å²) in [6.45, 7) is 7.44. The molecule has 0 aromatic heterocycles. The first kappa shape index (κ1) is 21.0. The number of aliphatic imine (C=N–C) groups is 1. The van der Waals surface area contributed by atoms with Gasteiger partial charge in [-0.15, -0.1) is 0 Å². The van der Waals surface area contributed by atoms with E-state index < -0.39 is 0 Å². The summed E-state index contributed by atoms with van der Waals surface area (Å²) in [6.07, 6.45) is 10.5. The molecule has 0 radical (unpaired) electrons. The van der Waals surface area contributed by atoms with Crippen molar-refractivity contribution in [2.45, 2.75) is 84.7 Å². The van der Waals surface area contributed by atoms with E-state index in [4.69, 9.17) is 16.3 Å². The highest BCUT2D eigenvalue weighted by molar-refractivity contribution is 5.96. The Bertz CT molecular complexity index is 676. The van der Waals surface area contributed by atoms with Crippen LogP contribution in [0.3, 0.4) is 0 Å². The summed E-state index contributed by atoms with van der Waals surface area (Å²) in [5.74, 6) is 4.00. The molecule has 5 N–H and O–H groups in total. The van der Waals surface area contributed by atoms with Crippen molar-refractivity contribution in [1.82, 2.24) is 0 Å². The Morgan fingerprint density at radius 1 is 1.00 bits per heavy atom. The molecule has 4 rings (SSSR count). The van der Waals surface area contributed by atoms with Crippen LogP contribution in [-0.4, -0.2) is 29.6 Å². The minimum Gasteiger partial charge on any atom is -0.395 e. The first-order valence-corrected chi connectivity index (χ1v) is 11.8. The van der Waals surface area contributed by atoms with E-state index in [0.29, 0.717) is 29.7 Å². The van der Waals surface area contributed by atoms with Crippen molar-refractivity contribution in [2.24, 2.45) is 62.0 Å². The largest absolute Gasteiger partial charge is 0.395 e. The average molecular weight is 405 g/mol. The number of aliphatic hydroxyl groups is 1. The quantitative estimate of drug-likeness (QED) is 0.379. The fourth-order valence-corrected chi connectivity index (χ4v) is 8.08.